The highest BCUT2D eigenvalue weighted by atomic mass is 16.3. The first-order chi connectivity index (χ1) is 9.08. The Hall–Kier alpha value is -2.49. The van der Waals surface area contributed by atoms with Gasteiger partial charge in [-0.2, -0.15) is 0 Å². The molecule has 0 saturated carbocycles. The smallest absolute Gasteiger partial charge is 0.229 e. The van der Waals surface area contributed by atoms with E-state index in [0.29, 0.717) is 16.9 Å². The molecular weight excluding hydrogens is 244 g/mol. The molecule has 0 bridgehead atoms. The molecule has 1 aliphatic carbocycles. The fourth-order valence-corrected chi connectivity index (χ4v) is 2.26. The minimum Gasteiger partial charge on any atom is -0.456 e. The van der Waals surface area contributed by atoms with Gasteiger partial charge in [0.1, 0.15) is 11.5 Å². The summed E-state index contributed by atoms with van der Waals surface area (Å²) in [5.74, 6) is -0.223. The van der Waals surface area contributed by atoms with E-state index in [1.165, 1.54) is 13.0 Å². The summed E-state index contributed by atoms with van der Waals surface area (Å²) in [5.41, 5.74) is 0.985. The van der Waals surface area contributed by atoms with Crippen LogP contribution >= 0.6 is 0 Å². The van der Waals surface area contributed by atoms with Gasteiger partial charge in [0.2, 0.25) is 5.78 Å². The monoisotopic (exact) mass is 254 g/mol. The average Bonchev–Trinajstić information content (AvgIpc) is 2.79. The minimum absolute atomic E-state index is 0.0416. The predicted octanol–water partition coefficient (Wildman–Crippen LogP) is 2.19. The lowest BCUT2D eigenvalue weighted by molar-refractivity contribution is -0.116. The van der Waals surface area contributed by atoms with Crippen molar-refractivity contribution in [1.29, 1.82) is 0 Å². The molecule has 0 aliphatic heterocycles. The Balaban J connectivity index is 2.15. The van der Waals surface area contributed by atoms with Crippen molar-refractivity contribution < 1.29 is 18.8 Å². The molecule has 1 aromatic carbocycles. The van der Waals surface area contributed by atoms with Gasteiger partial charge in [0, 0.05) is 11.1 Å². The van der Waals surface area contributed by atoms with E-state index in [9.17, 15) is 14.4 Å². The fraction of sp³-hybridized carbons (Fsp3) is 0.133. The van der Waals surface area contributed by atoms with Gasteiger partial charge in [0.25, 0.3) is 0 Å². The van der Waals surface area contributed by atoms with Gasteiger partial charge in [-0.25, -0.2) is 0 Å². The number of fused-ring (bicyclic) bond motifs is 2. The van der Waals surface area contributed by atoms with E-state index in [-0.39, 0.29) is 35.1 Å². The third-order valence-corrected chi connectivity index (χ3v) is 3.07. The number of Topliss-reactive ketones (excluding diaryl/α,β-unsaturated/α-hetero) is 1. The van der Waals surface area contributed by atoms with Crippen LogP contribution in [0.4, 0.5) is 0 Å². The molecule has 0 unspecified atom stereocenters. The SMILES string of the molecule is CC(=O)Cc1cc2c(o1)C(=O)c1ccccc1C2=O. The summed E-state index contributed by atoms with van der Waals surface area (Å²) in [6.45, 7) is 1.43. The van der Waals surface area contributed by atoms with Crippen molar-refractivity contribution in [1.82, 2.24) is 0 Å². The van der Waals surface area contributed by atoms with Crippen LogP contribution in [0.25, 0.3) is 0 Å². The third kappa shape index (κ3) is 1.73. The second-order valence-corrected chi connectivity index (χ2v) is 4.54. The molecule has 1 aliphatic rings. The standard InChI is InChI=1S/C15H10O4/c1-8(16)6-9-7-12-13(17)10-4-2-3-5-11(10)14(18)15(12)19-9/h2-5,7H,6H2,1H3. The molecule has 1 heterocycles. The van der Waals surface area contributed by atoms with Crippen molar-refractivity contribution in [2.45, 2.75) is 13.3 Å². The number of rotatable bonds is 2. The Labute approximate surface area is 109 Å². The Kier molecular flexibility index (Phi) is 2.45. The number of carbonyl (C=O) groups is 3. The molecule has 19 heavy (non-hydrogen) atoms. The van der Waals surface area contributed by atoms with Gasteiger partial charge in [-0.3, -0.25) is 14.4 Å². The highest BCUT2D eigenvalue weighted by Gasteiger charge is 2.33. The Morgan fingerprint density at radius 2 is 1.68 bits per heavy atom. The van der Waals surface area contributed by atoms with Crippen molar-refractivity contribution >= 4 is 17.3 Å². The second-order valence-electron chi connectivity index (χ2n) is 4.54. The quantitative estimate of drug-likeness (QED) is 0.703. The van der Waals surface area contributed by atoms with Crippen LogP contribution in [0, 0.1) is 0 Å². The molecule has 0 fully saturated rings. The lowest BCUT2D eigenvalue weighted by Crippen LogP contribution is -2.18. The van der Waals surface area contributed by atoms with Gasteiger partial charge >= 0.3 is 0 Å². The lowest BCUT2D eigenvalue weighted by atomic mass is 9.88. The summed E-state index contributed by atoms with van der Waals surface area (Å²) in [7, 11) is 0. The first-order valence-corrected chi connectivity index (χ1v) is 5.88. The molecule has 3 rings (SSSR count). The molecule has 0 spiro atoms. The van der Waals surface area contributed by atoms with Crippen molar-refractivity contribution in [3.63, 3.8) is 0 Å². The second kappa shape index (κ2) is 4.02. The van der Waals surface area contributed by atoms with Crippen LogP contribution in [0.2, 0.25) is 0 Å². The average molecular weight is 254 g/mol. The maximum atomic E-state index is 12.3. The molecule has 1 aromatic heterocycles. The molecule has 0 saturated heterocycles. The lowest BCUT2D eigenvalue weighted by Gasteiger charge is -2.11. The summed E-state index contributed by atoms with van der Waals surface area (Å²) in [5, 5.41) is 0. The zero-order chi connectivity index (χ0) is 13.6. The van der Waals surface area contributed by atoms with Crippen LogP contribution < -0.4 is 0 Å². The van der Waals surface area contributed by atoms with E-state index in [0.717, 1.165) is 0 Å². The van der Waals surface area contributed by atoms with Gasteiger partial charge < -0.3 is 4.42 Å². The maximum absolute atomic E-state index is 12.3. The van der Waals surface area contributed by atoms with Crippen LogP contribution in [0.15, 0.2) is 34.7 Å². The number of ketones is 3. The molecule has 0 radical (unpaired) electrons. The van der Waals surface area contributed by atoms with Crippen LogP contribution in [0.5, 0.6) is 0 Å². The first kappa shape index (κ1) is 11.6. The third-order valence-electron chi connectivity index (χ3n) is 3.07. The largest absolute Gasteiger partial charge is 0.456 e. The number of carbonyl (C=O) groups excluding carboxylic acids is 3. The van der Waals surface area contributed by atoms with Gasteiger partial charge in [-0.05, 0) is 13.0 Å². The molecule has 0 N–H and O–H groups in total. The summed E-state index contributed by atoms with van der Waals surface area (Å²) in [6.07, 6.45) is 0.0872. The summed E-state index contributed by atoms with van der Waals surface area (Å²) in [6, 6.07) is 8.13. The van der Waals surface area contributed by atoms with Crippen LogP contribution in [-0.2, 0) is 11.2 Å². The number of furan rings is 1. The number of hydrogen-bond donors (Lipinski definition) is 0. The van der Waals surface area contributed by atoms with Gasteiger partial charge in [-0.15, -0.1) is 0 Å². The minimum atomic E-state index is -0.306. The maximum Gasteiger partial charge on any atom is 0.229 e. The molecule has 4 nitrogen and oxygen atoms in total. The van der Waals surface area contributed by atoms with Crippen molar-refractivity contribution in [2.24, 2.45) is 0 Å². The predicted molar refractivity (Wildman–Crippen MR) is 66.4 cm³/mol. The van der Waals surface area contributed by atoms with Crippen molar-refractivity contribution in [2.75, 3.05) is 0 Å². The Bertz CT molecular complexity index is 669. The van der Waals surface area contributed by atoms with Crippen LogP contribution in [0.1, 0.15) is 44.7 Å². The molecule has 0 amide bonds. The van der Waals surface area contributed by atoms with Gasteiger partial charge in [-0.1, -0.05) is 24.3 Å². The highest BCUT2D eigenvalue weighted by Crippen LogP contribution is 2.29. The summed E-state index contributed by atoms with van der Waals surface area (Å²) < 4.78 is 5.37. The highest BCUT2D eigenvalue weighted by molar-refractivity contribution is 6.27. The molecule has 94 valence electrons. The van der Waals surface area contributed by atoms with Crippen molar-refractivity contribution in [3.05, 3.63) is 58.5 Å². The molecule has 2 aromatic rings. The van der Waals surface area contributed by atoms with Crippen molar-refractivity contribution in [3.8, 4) is 0 Å². The van der Waals surface area contributed by atoms with Gasteiger partial charge in [0.05, 0.1) is 12.0 Å². The molecule has 0 atom stereocenters. The molecular formula is C15H10O4. The van der Waals surface area contributed by atoms with Crippen LogP contribution in [0.3, 0.4) is 0 Å². The first-order valence-electron chi connectivity index (χ1n) is 5.88. The summed E-state index contributed by atoms with van der Waals surface area (Å²) in [4.78, 5) is 35.6. The number of hydrogen-bond acceptors (Lipinski definition) is 4. The van der Waals surface area contributed by atoms with E-state index >= 15 is 0 Å². The number of benzene rings is 1. The zero-order valence-corrected chi connectivity index (χ0v) is 10.2. The van der Waals surface area contributed by atoms with E-state index in [2.05, 4.69) is 0 Å². The Morgan fingerprint density at radius 3 is 2.32 bits per heavy atom. The fourth-order valence-electron chi connectivity index (χ4n) is 2.26. The van der Waals surface area contributed by atoms with Gasteiger partial charge in [0.15, 0.2) is 11.5 Å². The van der Waals surface area contributed by atoms with E-state index < -0.39 is 0 Å². The molecule has 4 heteroatoms. The van der Waals surface area contributed by atoms with E-state index in [4.69, 9.17) is 4.42 Å². The zero-order valence-electron chi connectivity index (χ0n) is 10.2. The van der Waals surface area contributed by atoms with Crippen LogP contribution in [-0.4, -0.2) is 17.3 Å². The van der Waals surface area contributed by atoms with E-state index in [1.807, 2.05) is 0 Å². The summed E-state index contributed by atoms with van der Waals surface area (Å²) >= 11 is 0. The Morgan fingerprint density at radius 1 is 1.05 bits per heavy atom. The normalized spacial score (nSPS) is 13.1. The van der Waals surface area contributed by atoms with E-state index in [1.54, 1.807) is 24.3 Å². The topological polar surface area (TPSA) is 64.3 Å².